The topological polar surface area (TPSA) is 53.7 Å². The van der Waals surface area contributed by atoms with Crippen molar-refractivity contribution in [1.29, 1.82) is 0 Å². The first-order valence-electron chi connectivity index (χ1n) is 4.17. The number of thioether (sulfide) groups is 1. The van der Waals surface area contributed by atoms with E-state index in [9.17, 15) is 0 Å². The van der Waals surface area contributed by atoms with Crippen LogP contribution < -0.4 is 5.73 Å². The third-order valence-electron chi connectivity index (χ3n) is 1.68. The maximum absolute atomic E-state index is 5.14. The molecule has 1 atom stereocenters. The lowest BCUT2D eigenvalue weighted by Gasteiger charge is -2.44. The summed E-state index contributed by atoms with van der Waals surface area (Å²) in [5, 5.41) is -0.533. The van der Waals surface area contributed by atoms with Crippen molar-refractivity contribution in [2.24, 2.45) is 5.73 Å². The molecule has 0 radical (unpaired) electrons. The van der Waals surface area contributed by atoms with Gasteiger partial charge in [0.05, 0.1) is 0 Å². The van der Waals surface area contributed by atoms with Crippen LogP contribution in [0.1, 0.15) is 6.92 Å². The molecule has 1 aliphatic rings. The standard InChI is InChI=1S/C6H12O3S.C2H7N/c1-7-5-4-10-6(5,8-2)9-3;1-2-3/h5H,4H2,1-3H3;2-3H2,1H3. The van der Waals surface area contributed by atoms with E-state index in [2.05, 4.69) is 0 Å². The van der Waals surface area contributed by atoms with Gasteiger partial charge in [0.1, 0.15) is 6.10 Å². The third-order valence-corrected chi connectivity index (χ3v) is 3.15. The molecule has 0 amide bonds. The summed E-state index contributed by atoms with van der Waals surface area (Å²) in [4.78, 5) is 0. The quantitative estimate of drug-likeness (QED) is 0.692. The molecule has 0 bridgehead atoms. The van der Waals surface area contributed by atoms with Crippen LogP contribution in [-0.4, -0.2) is 44.9 Å². The molecule has 1 saturated heterocycles. The predicted octanol–water partition coefficient (Wildman–Crippen LogP) is 0.660. The summed E-state index contributed by atoms with van der Waals surface area (Å²) < 4.78 is 15.4. The van der Waals surface area contributed by atoms with Crippen LogP contribution in [0, 0.1) is 0 Å². The van der Waals surface area contributed by atoms with Crippen LogP contribution in [0.2, 0.25) is 0 Å². The van der Waals surface area contributed by atoms with E-state index in [0.29, 0.717) is 0 Å². The summed E-state index contributed by atoms with van der Waals surface area (Å²) in [7, 11) is 4.92. The first-order valence-corrected chi connectivity index (χ1v) is 5.16. The number of ether oxygens (including phenoxy) is 3. The lowest BCUT2D eigenvalue weighted by atomic mass is 10.3. The molecule has 5 heteroatoms. The minimum Gasteiger partial charge on any atom is -0.374 e. The second-order valence-corrected chi connectivity index (χ2v) is 3.65. The summed E-state index contributed by atoms with van der Waals surface area (Å²) in [6.07, 6.45) is 0.0764. The van der Waals surface area contributed by atoms with Crippen molar-refractivity contribution in [2.45, 2.75) is 18.1 Å². The van der Waals surface area contributed by atoms with Crippen LogP contribution in [0.15, 0.2) is 0 Å². The number of hydrogen-bond donors (Lipinski definition) is 1. The fraction of sp³-hybridized carbons (Fsp3) is 1.00. The van der Waals surface area contributed by atoms with Crippen LogP contribution in [0.25, 0.3) is 0 Å². The van der Waals surface area contributed by atoms with Gasteiger partial charge in [0.2, 0.25) is 5.12 Å². The molecule has 1 rings (SSSR count). The van der Waals surface area contributed by atoms with E-state index < -0.39 is 5.12 Å². The van der Waals surface area contributed by atoms with Crippen LogP contribution in [-0.2, 0) is 14.2 Å². The summed E-state index contributed by atoms with van der Waals surface area (Å²) in [6.45, 7) is 2.65. The lowest BCUT2D eigenvalue weighted by Crippen LogP contribution is -2.54. The Balaban J connectivity index is 0.000000424. The Morgan fingerprint density at radius 3 is 1.92 bits per heavy atom. The zero-order valence-corrected chi connectivity index (χ0v) is 9.52. The molecule has 1 fully saturated rings. The fourth-order valence-electron chi connectivity index (χ4n) is 0.964. The molecular formula is C8H19NO3S. The minimum absolute atomic E-state index is 0.0764. The smallest absolute Gasteiger partial charge is 0.245 e. The van der Waals surface area contributed by atoms with Crippen LogP contribution >= 0.6 is 11.8 Å². The lowest BCUT2D eigenvalue weighted by molar-refractivity contribution is -0.207. The monoisotopic (exact) mass is 209 g/mol. The number of nitrogens with two attached hydrogens (primary N) is 1. The molecule has 1 aliphatic heterocycles. The van der Waals surface area contributed by atoms with E-state index in [1.165, 1.54) is 0 Å². The molecule has 0 aromatic rings. The Bertz CT molecular complexity index is 123. The molecular weight excluding hydrogens is 190 g/mol. The van der Waals surface area contributed by atoms with Gasteiger partial charge in [-0.05, 0) is 6.54 Å². The SMILES string of the molecule is CCN.COC1CSC1(OC)OC. The van der Waals surface area contributed by atoms with E-state index in [1.807, 2.05) is 6.92 Å². The van der Waals surface area contributed by atoms with E-state index in [0.717, 1.165) is 12.3 Å². The molecule has 0 aromatic heterocycles. The Kier molecular flexibility index (Phi) is 6.71. The normalized spacial score (nSPS) is 24.2. The summed E-state index contributed by atoms with van der Waals surface area (Å²) in [5.74, 6) is 0.943. The number of methoxy groups -OCH3 is 3. The predicted molar refractivity (Wildman–Crippen MR) is 54.7 cm³/mol. The second-order valence-electron chi connectivity index (χ2n) is 2.46. The van der Waals surface area contributed by atoms with E-state index in [4.69, 9.17) is 19.9 Å². The van der Waals surface area contributed by atoms with Crippen molar-refractivity contribution in [2.75, 3.05) is 33.6 Å². The van der Waals surface area contributed by atoms with Crippen LogP contribution in [0.4, 0.5) is 0 Å². The van der Waals surface area contributed by atoms with Crippen molar-refractivity contribution < 1.29 is 14.2 Å². The van der Waals surface area contributed by atoms with Gasteiger partial charge in [-0.2, -0.15) is 0 Å². The highest BCUT2D eigenvalue weighted by Crippen LogP contribution is 2.43. The molecule has 80 valence electrons. The highest BCUT2D eigenvalue weighted by molar-refractivity contribution is 8.01. The van der Waals surface area contributed by atoms with Crippen molar-refractivity contribution in [3.63, 3.8) is 0 Å². The molecule has 2 N–H and O–H groups in total. The molecule has 0 saturated carbocycles. The van der Waals surface area contributed by atoms with E-state index >= 15 is 0 Å². The fourth-order valence-corrected chi connectivity index (χ4v) is 2.01. The summed E-state index contributed by atoms with van der Waals surface area (Å²) >= 11 is 1.62. The maximum Gasteiger partial charge on any atom is 0.245 e. The number of rotatable bonds is 3. The highest BCUT2D eigenvalue weighted by atomic mass is 32.2. The van der Waals surface area contributed by atoms with Gasteiger partial charge in [-0.3, -0.25) is 0 Å². The molecule has 1 unspecified atom stereocenters. The van der Waals surface area contributed by atoms with Gasteiger partial charge in [0.25, 0.3) is 0 Å². The summed E-state index contributed by atoms with van der Waals surface area (Å²) in [6, 6.07) is 0. The average Bonchev–Trinajstić information content (AvgIpc) is 2.08. The molecule has 1 heterocycles. The molecule has 0 spiro atoms. The average molecular weight is 209 g/mol. The Morgan fingerprint density at radius 1 is 1.38 bits per heavy atom. The number of hydrogen-bond acceptors (Lipinski definition) is 5. The second kappa shape index (κ2) is 6.62. The first-order chi connectivity index (χ1) is 6.20. The van der Waals surface area contributed by atoms with Gasteiger partial charge < -0.3 is 19.9 Å². The van der Waals surface area contributed by atoms with E-state index in [-0.39, 0.29) is 6.10 Å². The van der Waals surface area contributed by atoms with Crippen LogP contribution in [0.5, 0.6) is 0 Å². The van der Waals surface area contributed by atoms with Crippen molar-refractivity contribution in [3.05, 3.63) is 0 Å². The van der Waals surface area contributed by atoms with Gasteiger partial charge in [0.15, 0.2) is 0 Å². The van der Waals surface area contributed by atoms with Gasteiger partial charge in [0, 0.05) is 27.1 Å². The highest BCUT2D eigenvalue weighted by Gasteiger charge is 2.49. The first kappa shape index (κ1) is 13.2. The van der Waals surface area contributed by atoms with Crippen molar-refractivity contribution >= 4 is 11.8 Å². The van der Waals surface area contributed by atoms with Gasteiger partial charge in [-0.25, -0.2) is 0 Å². The van der Waals surface area contributed by atoms with Gasteiger partial charge in [-0.1, -0.05) is 18.7 Å². The molecule has 13 heavy (non-hydrogen) atoms. The Labute approximate surface area is 84.1 Å². The van der Waals surface area contributed by atoms with Crippen LogP contribution in [0.3, 0.4) is 0 Å². The van der Waals surface area contributed by atoms with Crippen molar-refractivity contribution in [3.8, 4) is 0 Å². The largest absolute Gasteiger partial charge is 0.374 e. The molecule has 0 aliphatic carbocycles. The minimum atomic E-state index is -0.533. The van der Waals surface area contributed by atoms with Crippen molar-refractivity contribution in [1.82, 2.24) is 0 Å². The Morgan fingerprint density at radius 2 is 1.85 bits per heavy atom. The van der Waals surface area contributed by atoms with Gasteiger partial charge in [-0.15, -0.1) is 0 Å². The molecule has 0 aromatic carbocycles. The van der Waals surface area contributed by atoms with E-state index in [1.54, 1.807) is 33.1 Å². The zero-order chi connectivity index (χ0) is 10.3. The third kappa shape index (κ3) is 3.11. The maximum atomic E-state index is 5.14. The Hall–Kier alpha value is 0.190. The molecule has 4 nitrogen and oxygen atoms in total. The summed E-state index contributed by atoms with van der Waals surface area (Å²) in [5.41, 5.74) is 4.85. The van der Waals surface area contributed by atoms with Gasteiger partial charge >= 0.3 is 0 Å². The zero-order valence-electron chi connectivity index (χ0n) is 8.70.